The first-order valence-electron chi connectivity index (χ1n) is 6.28. The molecule has 1 saturated heterocycles. The van der Waals surface area contributed by atoms with Crippen LogP contribution in [-0.4, -0.2) is 46.8 Å². The SMILES string of the molecule is O=C(O)C1CCC(N2CCC(CO)C2)CC1. The number of aliphatic hydroxyl groups excluding tert-OH is 1. The highest BCUT2D eigenvalue weighted by Gasteiger charge is 2.32. The average Bonchev–Trinajstić information content (AvgIpc) is 2.77. The topological polar surface area (TPSA) is 60.8 Å². The first-order chi connectivity index (χ1) is 7.70. The summed E-state index contributed by atoms with van der Waals surface area (Å²) in [5, 5.41) is 18.0. The summed E-state index contributed by atoms with van der Waals surface area (Å²) < 4.78 is 0. The number of nitrogens with zero attached hydrogens (tertiary/aromatic N) is 1. The number of aliphatic hydroxyl groups is 1. The number of carboxylic acids is 1. The van der Waals surface area contributed by atoms with Crippen molar-refractivity contribution in [3.63, 3.8) is 0 Å². The van der Waals surface area contributed by atoms with Gasteiger partial charge in [-0.15, -0.1) is 0 Å². The molecule has 0 amide bonds. The van der Waals surface area contributed by atoms with Crippen molar-refractivity contribution >= 4 is 5.97 Å². The van der Waals surface area contributed by atoms with E-state index in [4.69, 9.17) is 10.2 Å². The summed E-state index contributed by atoms with van der Waals surface area (Å²) in [7, 11) is 0. The third-order valence-corrected chi connectivity index (χ3v) is 4.14. The van der Waals surface area contributed by atoms with Gasteiger partial charge in [0, 0.05) is 19.2 Å². The molecule has 0 radical (unpaired) electrons. The van der Waals surface area contributed by atoms with Gasteiger partial charge in [0.25, 0.3) is 0 Å². The van der Waals surface area contributed by atoms with Crippen LogP contribution in [0.25, 0.3) is 0 Å². The van der Waals surface area contributed by atoms with E-state index in [1.807, 2.05) is 0 Å². The highest BCUT2D eigenvalue weighted by atomic mass is 16.4. The quantitative estimate of drug-likeness (QED) is 0.753. The second-order valence-electron chi connectivity index (χ2n) is 5.18. The highest BCUT2D eigenvalue weighted by Crippen LogP contribution is 2.30. The monoisotopic (exact) mass is 227 g/mol. The maximum absolute atomic E-state index is 10.8. The van der Waals surface area contributed by atoms with Gasteiger partial charge in [0.15, 0.2) is 0 Å². The molecule has 1 aliphatic carbocycles. The summed E-state index contributed by atoms with van der Waals surface area (Å²) in [4.78, 5) is 13.3. The molecule has 1 unspecified atom stereocenters. The maximum atomic E-state index is 10.8. The molecule has 2 aliphatic rings. The lowest BCUT2D eigenvalue weighted by molar-refractivity contribution is -0.143. The Labute approximate surface area is 96.3 Å². The second kappa shape index (κ2) is 5.15. The Bertz CT molecular complexity index is 249. The molecule has 1 atom stereocenters. The lowest BCUT2D eigenvalue weighted by Gasteiger charge is -2.33. The molecule has 0 aromatic carbocycles. The largest absolute Gasteiger partial charge is 0.481 e. The van der Waals surface area contributed by atoms with E-state index in [9.17, 15) is 4.79 Å². The number of carbonyl (C=O) groups is 1. The van der Waals surface area contributed by atoms with Crippen molar-refractivity contribution in [2.75, 3.05) is 19.7 Å². The number of aliphatic carboxylic acids is 1. The Morgan fingerprint density at radius 2 is 1.88 bits per heavy atom. The lowest BCUT2D eigenvalue weighted by Crippen LogP contribution is -2.37. The molecular weight excluding hydrogens is 206 g/mol. The molecule has 0 aromatic heterocycles. The average molecular weight is 227 g/mol. The van der Waals surface area contributed by atoms with Crippen molar-refractivity contribution in [3.8, 4) is 0 Å². The van der Waals surface area contributed by atoms with E-state index in [-0.39, 0.29) is 5.92 Å². The van der Waals surface area contributed by atoms with Crippen molar-refractivity contribution in [1.82, 2.24) is 4.90 Å². The van der Waals surface area contributed by atoms with E-state index < -0.39 is 5.97 Å². The summed E-state index contributed by atoms with van der Waals surface area (Å²) in [5.41, 5.74) is 0. The van der Waals surface area contributed by atoms with Crippen LogP contribution in [-0.2, 0) is 4.79 Å². The van der Waals surface area contributed by atoms with E-state index in [1.165, 1.54) is 0 Å². The standard InChI is InChI=1S/C12H21NO3/c14-8-9-5-6-13(7-9)11-3-1-10(2-4-11)12(15)16/h9-11,14H,1-8H2,(H,15,16). The van der Waals surface area contributed by atoms with Gasteiger partial charge >= 0.3 is 5.97 Å². The van der Waals surface area contributed by atoms with E-state index in [2.05, 4.69) is 4.90 Å². The molecule has 0 spiro atoms. The number of likely N-dealkylation sites (tertiary alicyclic amines) is 1. The van der Waals surface area contributed by atoms with Gasteiger partial charge in [0.2, 0.25) is 0 Å². The lowest BCUT2D eigenvalue weighted by atomic mass is 9.85. The third kappa shape index (κ3) is 2.55. The highest BCUT2D eigenvalue weighted by molar-refractivity contribution is 5.70. The van der Waals surface area contributed by atoms with Crippen molar-refractivity contribution in [3.05, 3.63) is 0 Å². The van der Waals surface area contributed by atoms with Gasteiger partial charge in [-0.3, -0.25) is 4.79 Å². The molecular formula is C12H21NO3. The fourth-order valence-corrected chi connectivity index (χ4v) is 3.03. The summed E-state index contributed by atoms with van der Waals surface area (Å²) in [6, 6.07) is 0.562. The van der Waals surface area contributed by atoms with Crippen molar-refractivity contribution in [1.29, 1.82) is 0 Å². The zero-order valence-corrected chi connectivity index (χ0v) is 9.64. The van der Waals surface area contributed by atoms with Crippen LogP contribution in [0, 0.1) is 11.8 Å². The fraction of sp³-hybridized carbons (Fsp3) is 0.917. The molecule has 16 heavy (non-hydrogen) atoms. The van der Waals surface area contributed by atoms with Crippen molar-refractivity contribution in [2.24, 2.45) is 11.8 Å². The normalized spacial score (nSPS) is 36.4. The predicted molar refractivity (Wildman–Crippen MR) is 60.1 cm³/mol. The van der Waals surface area contributed by atoms with E-state index in [0.717, 1.165) is 45.2 Å². The Hall–Kier alpha value is -0.610. The Morgan fingerprint density at radius 3 is 2.38 bits per heavy atom. The van der Waals surface area contributed by atoms with Gasteiger partial charge in [-0.2, -0.15) is 0 Å². The zero-order valence-electron chi connectivity index (χ0n) is 9.64. The molecule has 92 valence electrons. The van der Waals surface area contributed by atoms with Crippen LogP contribution in [0.2, 0.25) is 0 Å². The molecule has 1 heterocycles. The Morgan fingerprint density at radius 1 is 1.19 bits per heavy atom. The minimum atomic E-state index is -0.631. The van der Waals surface area contributed by atoms with Crippen LogP contribution in [0.4, 0.5) is 0 Å². The number of rotatable bonds is 3. The van der Waals surface area contributed by atoms with Crippen LogP contribution >= 0.6 is 0 Å². The summed E-state index contributed by atoms with van der Waals surface area (Å²) in [6.07, 6.45) is 4.75. The Balaban J connectivity index is 1.79. The van der Waals surface area contributed by atoms with E-state index in [1.54, 1.807) is 0 Å². The van der Waals surface area contributed by atoms with Crippen LogP contribution in [0.3, 0.4) is 0 Å². The smallest absolute Gasteiger partial charge is 0.306 e. The maximum Gasteiger partial charge on any atom is 0.306 e. The van der Waals surface area contributed by atoms with Gasteiger partial charge in [-0.1, -0.05) is 0 Å². The molecule has 4 heteroatoms. The summed E-state index contributed by atoms with van der Waals surface area (Å²) in [5.74, 6) is -0.308. The zero-order chi connectivity index (χ0) is 11.5. The second-order valence-corrected chi connectivity index (χ2v) is 5.18. The molecule has 0 bridgehead atoms. The first kappa shape index (κ1) is 11.9. The molecule has 0 aromatic rings. The van der Waals surface area contributed by atoms with Gasteiger partial charge in [-0.05, 0) is 44.6 Å². The van der Waals surface area contributed by atoms with Gasteiger partial charge in [0.05, 0.1) is 5.92 Å². The minimum Gasteiger partial charge on any atom is -0.481 e. The van der Waals surface area contributed by atoms with Crippen LogP contribution < -0.4 is 0 Å². The molecule has 2 N–H and O–H groups in total. The molecule has 1 aliphatic heterocycles. The minimum absolute atomic E-state index is 0.118. The predicted octanol–water partition coefficient (Wildman–Crippen LogP) is 0.944. The van der Waals surface area contributed by atoms with Crippen LogP contribution in [0.15, 0.2) is 0 Å². The van der Waals surface area contributed by atoms with Crippen molar-refractivity contribution in [2.45, 2.75) is 38.1 Å². The molecule has 2 fully saturated rings. The molecule has 1 saturated carbocycles. The van der Waals surface area contributed by atoms with Crippen molar-refractivity contribution < 1.29 is 15.0 Å². The fourth-order valence-electron chi connectivity index (χ4n) is 3.03. The van der Waals surface area contributed by atoms with Gasteiger partial charge < -0.3 is 15.1 Å². The third-order valence-electron chi connectivity index (χ3n) is 4.14. The Kier molecular flexibility index (Phi) is 3.82. The van der Waals surface area contributed by atoms with Gasteiger partial charge in [0.1, 0.15) is 0 Å². The first-order valence-corrected chi connectivity index (χ1v) is 6.28. The van der Waals surface area contributed by atoms with Crippen LogP contribution in [0.5, 0.6) is 0 Å². The van der Waals surface area contributed by atoms with E-state index >= 15 is 0 Å². The summed E-state index contributed by atoms with van der Waals surface area (Å²) >= 11 is 0. The van der Waals surface area contributed by atoms with E-state index in [0.29, 0.717) is 18.6 Å². The van der Waals surface area contributed by atoms with Gasteiger partial charge in [-0.25, -0.2) is 0 Å². The number of hydrogen-bond acceptors (Lipinski definition) is 3. The van der Waals surface area contributed by atoms with Crippen LogP contribution in [0.1, 0.15) is 32.1 Å². The summed E-state index contributed by atoms with van der Waals surface area (Å²) in [6.45, 7) is 2.37. The molecule has 2 rings (SSSR count). The number of carboxylic acid groups (broad SMARTS) is 1. The molecule has 4 nitrogen and oxygen atoms in total. The number of hydrogen-bond donors (Lipinski definition) is 2.